The Morgan fingerprint density at radius 3 is 2.38 bits per heavy atom. The Morgan fingerprint density at radius 2 is 2.00 bits per heavy atom. The van der Waals surface area contributed by atoms with E-state index in [1.54, 1.807) is 12.1 Å². The van der Waals surface area contributed by atoms with Gasteiger partial charge in [-0.25, -0.2) is 0 Å². The van der Waals surface area contributed by atoms with Crippen molar-refractivity contribution in [3.05, 3.63) is 24.2 Å². The first-order valence-corrected chi connectivity index (χ1v) is 4.07. The third kappa shape index (κ3) is 4.29. The van der Waals surface area contributed by atoms with Crippen molar-refractivity contribution in [2.75, 3.05) is 13.2 Å². The molecule has 0 saturated carbocycles. The van der Waals surface area contributed by atoms with Crippen LogP contribution in [-0.4, -0.2) is 13.2 Å². The molecule has 1 aromatic heterocycles. The van der Waals surface area contributed by atoms with Gasteiger partial charge in [0.2, 0.25) is 0 Å². The van der Waals surface area contributed by atoms with Gasteiger partial charge in [-0.15, -0.1) is 6.07 Å². The number of hydrogen-bond donors (Lipinski definition) is 0. The molecule has 0 spiro atoms. The molecule has 0 bridgehead atoms. The van der Waals surface area contributed by atoms with Gasteiger partial charge < -0.3 is 13.9 Å². The molecule has 13 heavy (non-hydrogen) atoms. The summed E-state index contributed by atoms with van der Waals surface area (Å²) in [6.45, 7) is 5.04. The molecule has 0 saturated heterocycles. The standard InChI is InChI=1S/C9H13O3.Na/c1-3-10-9(11-4-2)8-6-5-7-12-8;/h5-6,9H,3-4H2,1-2H3;/q-1;+1. The fourth-order valence-electron chi connectivity index (χ4n) is 0.894. The summed E-state index contributed by atoms with van der Waals surface area (Å²) >= 11 is 0. The van der Waals surface area contributed by atoms with Crippen LogP contribution in [0.2, 0.25) is 0 Å². The van der Waals surface area contributed by atoms with Gasteiger partial charge in [0.05, 0.1) is 0 Å². The predicted octanol–water partition coefficient (Wildman–Crippen LogP) is -0.845. The van der Waals surface area contributed by atoms with E-state index in [2.05, 4.69) is 6.26 Å². The summed E-state index contributed by atoms with van der Waals surface area (Å²) in [6, 6.07) is 3.48. The molecule has 0 radical (unpaired) electrons. The Labute approximate surface area is 101 Å². The van der Waals surface area contributed by atoms with Gasteiger partial charge in [0, 0.05) is 13.2 Å². The average molecular weight is 192 g/mol. The van der Waals surface area contributed by atoms with Crippen molar-refractivity contribution in [3.8, 4) is 0 Å². The van der Waals surface area contributed by atoms with Crippen molar-refractivity contribution in [2.45, 2.75) is 20.1 Å². The van der Waals surface area contributed by atoms with Gasteiger partial charge in [-0.05, 0) is 25.9 Å². The zero-order valence-electron chi connectivity index (χ0n) is 8.37. The van der Waals surface area contributed by atoms with Crippen LogP contribution >= 0.6 is 0 Å². The normalized spacial score (nSPS) is 10.1. The van der Waals surface area contributed by atoms with Gasteiger partial charge in [-0.1, -0.05) is 0 Å². The molecule has 4 heteroatoms. The van der Waals surface area contributed by atoms with Crippen molar-refractivity contribution in [1.82, 2.24) is 0 Å². The molecule has 0 amide bonds. The molecule has 0 unspecified atom stereocenters. The molecule has 1 aromatic rings. The third-order valence-corrected chi connectivity index (χ3v) is 1.36. The zero-order valence-corrected chi connectivity index (χ0v) is 10.4. The first-order valence-electron chi connectivity index (χ1n) is 4.07. The Kier molecular flexibility index (Phi) is 7.71. The van der Waals surface area contributed by atoms with E-state index in [-0.39, 0.29) is 35.8 Å². The van der Waals surface area contributed by atoms with Crippen LogP contribution in [0.3, 0.4) is 0 Å². The summed E-state index contributed by atoms with van der Waals surface area (Å²) < 4.78 is 15.6. The Balaban J connectivity index is 0.00000144. The first kappa shape index (κ1) is 13.2. The second-order valence-electron chi connectivity index (χ2n) is 2.20. The Hall–Kier alpha value is 0.200. The fourth-order valence-corrected chi connectivity index (χ4v) is 0.894. The van der Waals surface area contributed by atoms with E-state index in [0.29, 0.717) is 19.0 Å². The van der Waals surface area contributed by atoms with Crippen LogP contribution in [0, 0.1) is 6.26 Å². The second-order valence-corrected chi connectivity index (χ2v) is 2.20. The van der Waals surface area contributed by atoms with E-state index in [4.69, 9.17) is 13.9 Å². The molecule has 0 aromatic carbocycles. The Morgan fingerprint density at radius 1 is 1.38 bits per heavy atom. The maximum absolute atomic E-state index is 5.29. The summed E-state index contributed by atoms with van der Waals surface area (Å²) in [5.41, 5.74) is 0. The van der Waals surface area contributed by atoms with Crippen LogP contribution in [0.15, 0.2) is 16.5 Å². The number of furan rings is 1. The van der Waals surface area contributed by atoms with Crippen LogP contribution in [0.1, 0.15) is 25.9 Å². The maximum Gasteiger partial charge on any atom is 1.00 e. The minimum atomic E-state index is -0.383. The molecule has 3 nitrogen and oxygen atoms in total. The van der Waals surface area contributed by atoms with Crippen LogP contribution in [0.4, 0.5) is 0 Å². The average Bonchev–Trinajstić information content (AvgIpc) is 2.56. The molecule has 0 aliphatic rings. The predicted molar refractivity (Wildman–Crippen MR) is 43.5 cm³/mol. The van der Waals surface area contributed by atoms with Gasteiger partial charge >= 0.3 is 29.6 Å². The first-order chi connectivity index (χ1) is 5.88. The number of ether oxygens (including phenoxy) is 2. The molecule has 0 aliphatic heterocycles. The molecular formula is C9H13NaO3. The van der Waals surface area contributed by atoms with Crippen LogP contribution in [0.5, 0.6) is 0 Å². The SMILES string of the molecule is CCOC(OCC)c1cc[c-]o1.[Na+]. The largest absolute Gasteiger partial charge is 1.00 e. The molecule has 1 rings (SSSR count). The molecule has 68 valence electrons. The van der Waals surface area contributed by atoms with Gasteiger partial charge in [0.15, 0.2) is 6.29 Å². The van der Waals surface area contributed by atoms with Crippen molar-refractivity contribution < 1.29 is 43.4 Å². The zero-order chi connectivity index (χ0) is 8.81. The van der Waals surface area contributed by atoms with E-state index >= 15 is 0 Å². The minimum Gasteiger partial charge on any atom is -0.591 e. The summed E-state index contributed by atoms with van der Waals surface area (Å²) in [7, 11) is 0. The molecular weight excluding hydrogens is 179 g/mol. The molecule has 0 aliphatic carbocycles. The van der Waals surface area contributed by atoms with Crippen LogP contribution in [0.25, 0.3) is 0 Å². The van der Waals surface area contributed by atoms with Gasteiger partial charge in [-0.3, -0.25) is 0 Å². The van der Waals surface area contributed by atoms with Crippen LogP contribution < -0.4 is 29.6 Å². The van der Waals surface area contributed by atoms with Gasteiger partial charge in [-0.2, -0.15) is 6.07 Å². The maximum atomic E-state index is 5.29. The summed E-state index contributed by atoms with van der Waals surface area (Å²) in [5, 5.41) is 0. The van der Waals surface area contributed by atoms with E-state index in [0.717, 1.165) is 0 Å². The Bertz CT molecular complexity index is 193. The number of hydrogen-bond acceptors (Lipinski definition) is 3. The fraction of sp³-hybridized carbons (Fsp3) is 0.556. The second kappa shape index (κ2) is 7.59. The van der Waals surface area contributed by atoms with Crippen molar-refractivity contribution in [1.29, 1.82) is 0 Å². The molecule has 0 atom stereocenters. The van der Waals surface area contributed by atoms with E-state index < -0.39 is 0 Å². The van der Waals surface area contributed by atoms with Crippen molar-refractivity contribution in [2.24, 2.45) is 0 Å². The minimum absolute atomic E-state index is 0. The smallest absolute Gasteiger partial charge is 0.591 e. The monoisotopic (exact) mass is 192 g/mol. The summed E-state index contributed by atoms with van der Waals surface area (Å²) in [5.74, 6) is 0.665. The molecule has 0 N–H and O–H groups in total. The van der Waals surface area contributed by atoms with Crippen molar-refractivity contribution >= 4 is 0 Å². The summed E-state index contributed by atoms with van der Waals surface area (Å²) in [4.78, 5) is 0. The topological polar surface area (TPSA) is 31.6 Å². The van der Waals surface area contributed by atoms with Gasteiger partial charge in [0.25, 0.3) is 0 Å². The quantitative estimate of drug-likeness (QED) is 0.346. The molecule has 0 fully saturated rings. The van der Waals surface area contributed by atoms with E-state index in [1.807, 2.05) is 13.8 Å². The van der Waals surface area contributed by atoms with E-state index in [1.165, 1.54) is 0 Å². The van der Waals surface area contributed by atoms with E-state index in [9.17, 15) is 0 Å². The van der Waals surface area contributed by atoms with Gasteiger partial charge in [0.1, 0.15) is 0 Å². The van der Waals surface area contributed by atoms with Crippen LogP contribution in [-0.2, 0) is 9.47 Å². The summed E-state index contributed by atoms with van der Waals surface area (Å²) in [6.07, 6.45) is 2.21. The van der Waals surface area contributed by atoms with Crippen molar-refractivity contribution in [3.63, 3.8) is 0 Å². The number of rotatable bonds is 5. The molecule has 1 heterocycles. The third-order valence-electron chi connectivity index (χ3n) is 1.36.